The molecule has 1 N–H and O–H groups in total. The first kappa shape index (κ1) is 14.3. The molecule has 0 aliphatic heterocycles. The van der Waals surface area contributed by atoms with Crippen molar-refractivity contribution in [3.63, 3.8) is 0 Å². The lowest BCUT2D eigenvalue weighted by Crippen LogP contribution is -2.05. The van der Waals surface area contributed by atoms with Crippen LogP contribution in [-0.2, 0) is 0 Å². The second kappa shape index (κ2) is 6.85. The molecule has 1 aromatic heterocycles. The standard InChI is InChI=1S/C13H15N5OS/c1-9(12-8-14-18-13(15-12)20-3)16-17-10-4-6-11(19-2)7-5-10/h4-8,17H,1-3H3/b16-9-. The Labute approximate surface area is 121 Å². The second-order valence-corrected chi connectivity index (χ2v) is 4.64. The zero-order valence-electron chi connectivity index (χ0n) is 11.5. The Hall–Kier alpha value is -2.15. The summed E-state index contributed by atoms with van der Waals surface area (Å²) in [5, 5.41) is 12.7. The molecule has 0 amide bonds. The highest BCUT2D eigenvalue weighted by Crippen LogP contribution is 2.15. The average Bonchev–Trinajstić information content (AvgIpc) is 2.53. The highest BCUT2D eigenvalue weighted by Gasteiger charge is 2.03. The van der Waals surface area contributed by atoms with Gasteiger partial charge in [0.25, 0.3) is 0 Å². The smallest absolute Gasteiger partial charge is 0.209 e. The van der Waals surface area contributed by atoms with Crippen molar-refractivity contribution in [1.82, 2.24) is 15.2 Å². The maximum absolute atomic E-state index is 5.10. The van der Waals surface area contributed by atoms with Crippen molar-refractivity contribution in [2.75, 3.05) is 18.8 Å². The van der Waals surface area contributed by atoms with Gasteiger partial charge in [0.05, 0.1) is 24.7 Å². The predicted octanol–water partition coefficient (Wildman–Crippen LogP) is 2.44. The van der Waals surface area contributed by atoms with Crippen LogP contribution in [-0.4, -0.2) is 34.3 Å². The average molecular weight is 289 g/mol. The van der Waals surface area contributed by atoms with E-state index in [-0.39, 0.29) is 0 Å². The van der Waals surface area contributed by atoms with Crippen LogP contribution in [0.4, 0.5) is 5.69 Å². The maximum Gasteiger partial charge on any atom is 0.209 e. The summed E-state index contributed by atoms with van der Waals surface area (Å²) < 4.78 is 5.10. The van der Waals surface area contributed by atoms with Gasteiger partial charge in [-0.15, -0.1) is 5.10 Å². The van der Waals surface area contributed by atoms with Crippen LogP contribution in [0.1, 0.15) is 12.6 Å². The van der Waals surface area contributed by atoms with E-state index in [1.807, 2.05) is 37.4 Å². The molecule has 1 heterocycles. The first-order valence-electron chi connectivity index (χ1n) is 5.91. The van der Waals surface area contributed by atoms with Crippen LogP contribution in [0.2, 0.25) is 0 Å². The predicted molar refractivity (Wildman–Crippen MR) is 80.4 cm³/mol. The number of anilines is 1. The summed E-state index contributed by atoms with van der Waals surface area (Å²) in [7, 11) is 1.64. The van der Waals surface area contributed by atoms with Crippen LogP contribution in [0.5, 0.6) is 5.75 Å². The number of aromatic nitrogens is 3. The van der Waals surface area contributed by atoms with Crippen LogP contribution in [0, 0.1) is 0 Å². The fourth-order valence-electron chi connectivity index (χ4n) is 1.42. The van der Waals surface area contributed by atoms with Gasteiger partial charge >= 0.3 is 0 Å². The van der Waals surface area contributed by atoms with Gasteiger partial charge in [0.2, 0.25) is 5.16 Å². The molecule has 0 unspecified atom stereocenters. The summed E-state index contributed by atoms with van der Waals surface area (Å²) in [5.74, 6) is 0.806. The van der Waals surface area contributed by atoms with E-state index in [1.165, 1.54) is 11.8 Å². The van der Waals surface area contributed by atoms with Gasteiger partial charge in [-0.1, -0.05) is 11.8 Å². The topological polar surface area (TPSA) is 72.3 Å². The highest BCUT2D eigenvalue weighted by atomic mass is 32.2. The molecule has 0 saturated carbocycles. The van der Waals surface area contributed by atoms with Crippen LogP contribution in [0.3, 0.4) is 0 Å². The van der Waals surface area contributed by atoms with Crippen molar-refractivity contribution in [3.8, 4) is 5.75 Å². The molecule has 0 spiro atoms. The molecule has 0 radical (unpaired) electrons. The first-order valence-corrected chi connectivity index (χ1v) is 7.14. The van der Waals surface area contributed by atoms with Gasteiger partial charge in [0, 0.05) is 0 Å². The van der Waals surface area contributed by atoms with Crippen molar-refractivity contribution in [2.24, 2.45) is 5.10 Å². The maximum atomic E-state index is 5.10. The van der Waals surface area contributed by atoms with Crippen molar-refractivity contribution >= 4 is 23.2 Å². The van der Waals surface area contributed by atoms with Crippen molar-refractivity contribution in [1.29, 1.82) is 0 Å². The van der Waals surface area contributed by atoms with E-state index in [0.717, 1.165) is 17.1 Å². The number of hydrazone groups is 1. The van der Waals surface area contributed by atoms with Gasteiger partial charge < -0.3 is 4.74 Å². The van der Waals surface area contributed by atoms with Crippen molar-refractivity contribution in [2.45, 2.75) is 12.1 Å². The summed E-state index contributed by atoms with van der Waals surface area (Å²) in [6, 6.07) is 7.51. The van der Waals surface area contributed by atoms with Crippen LogP contribution in [0.25, 0.3) is 0 Å². The summed E-state index contributed by atoms with van der Waals surface area (Å²) in [4.78, 5) is 4.33. The monoisotopic (exact) mass is 289 g/mol. The van der Waals surface area contributed by atoms with Crippen LogP contribution >= 0.6 is 11.8 Å². The van der Waals surface area contributed by atoms with E-state index < -0.39 is 0 Å². The molecule has 6 nitrogen and oxygen atoms in total. The highest BCUT2D eigenvalue weighted by molar-refractivity contribution is 7.98. The van der Waals surface area contributed by atoms with E-state index in [0.29, 0.717) is 10.9 Å². The van der Waals surface area contributed by atoms with Crippen molar-refractivity contribution in [3.05, 3.63) is 36.2 Å². The third kappa shape index (κ3) is 3.67. The Kier molecular flexibility index (Phi) is 4.89. The minimum absolute atomic E-state index is 0.626. The number of nitrogens with one attached hydrogen (secondary N) is 1. The number of methoxy groups -OCH3 is 1. The lowest BCUT2D eigenvalue weighted by molar-refractivity contribution is 0.415. The molecular formula is C13H15N5OS. The zero-order chi connectivity index (χ0) is 14.4. The Bertz CT molecular complexity index is 600. The lowest BCUT2D eigenvalue weighted by Gasteiger charge is -2.04. The molecule has 0 saturated heterocycles. The molecule has 0 aliphatic carbocycles. The van der Waals surface area contributed by atoms with Gasteiger partial charge in [-0.3, -0.25) is 5.43 Å². The van der Waals surface area contributed by atoms with Gasteiger partial charge in [0.15, 0.2) is 0 Å². The minimum atomic E-state index is 0.626. The van der Waals surface area contributed by atoms with E-state index in [9.17, 15) is 0 Å². The lowest BCUT2D eigenvalue weighted by atomic mass is 10.3. The molecule has 0 atom stereocenters. The molecule has 2 aromatic rings. The normalized spacial score (nSPS) is 11.2. The molecule has 0 aliphatic rings. The molecule has 104 valence electrons. The van der Waals surface area contributed by atoms with Crippen LogP contribution in [0.15, 0.2) is 40.7 Å². The number of rotatable bonds is 5. The Morgan fingerprint density at radius 3 is 2.70 bits per heavy atom. The summed E-state index contributed by atoms with van der Waals surface area (Å²) in [6.07, 6.45) is 3.50. The minimum Gasteiger partial charge on any atom is -0.497 e. The van der Waals surface area contributed by atoms with E-state index in [2.05, 4.69) is 25.7 Å². The van der Waals surface area contributed by atoms with Gasteiger partial charge in [-0.05, 0) is 37.4 Å². The SMILES string of the molecule is COc1ccc(N/N=C(/C)c2cnnc(SC)n2)cc1. The summed E-state index contributed by atoms with van der Waals surface area (Å²) in [5.41, 5.74) is 5.28. The molecule has 2 rings (SSSR count). The number of hydrogen-bond acceptors (Lipinski definition) is 7. The first-order chi connectivity index (χ1) is 9.72. The third-order valence-corrected chi connectivity index (χ3v) is 3.07. The number of hydrogen-bond donors (Lipinski definition) is 1. The summed E-state index contributed by atoms with van der Waals surface area (Å²) >= 11 is 1.44. The Balaban J connectivity index is 2.09. The quantitative estimate of drug-likeness (QED) is 0.518. The molecule has 0 bridgehead atoms. The fraction of sp³-hybridized carbons (Fsp3) is 0.231. The Morgan fingerprint density at radius 1 is 1.30 bits per heavy atom. The molecule has 20 heavy (non-hydrogen) atoms. The van der Waals surface area contributed by atoms with E-state index in [4.69, 9.17) is 4.74 Å². The zero-order valence-corrected chi connectivity index (χ0v) is 12.3. The number of thioether (sulfide) groups is 1. The molecular weight excluding hydrogens is 274 g/mol. The summed E-state index contributed by atoms with van der Waals surface area (Å²) in [6.45, 7) is 1.87. The molecule has 1 aromatic carbocycles. The van der Waals surface area contributed by atoms with Gasteiger partial charge in [-0.2, -0.15) is 10.2 Å². The number of benzene rings is 1. The third-order valence-electron chi connectivity index (χ3n) is 2.54. The fourth-order valence-corrected chi connectivity index (χ4v) is 1.74. The van der Waals surface area contributed by atoms with Crippen LogP contribution < -0.4 is 10.2 Å². The molecule has 0 fully saturated rings. The van der Waals surface area contributed by atoms with E-state index in [1.54, 1.807) is 13.3 Å². The van der Waals surface area contributed by atoms with Crippen molar-refractivity contribution < 1.29 is 4.74 Å². The number of nitrogens with zero attached hydrogens (tertiary/aromatic N) is 4. The van der Waals surface area contributed by atoms with Gasteiger partial charge in [-0.25, -0.2) is 4.98 Å². The van der Waals surface area contributed by atoms with E-state index >= 15 is 0 Å². The largest absolute Gasteiger partial charge is 0.497 e. The second-order valence-electron chi connectivity index (χ2n) is 3.87. The Morgan fingerprint density at radius 2 is 2.05 bits per heavy atom. The van der Waals surface area contributed by atoms with Gasteiger partial charge in [0.1, 0.15) is 11.4 Å². The molecule has 7 heteroatoms. The number of ether oxygens (including phenoxy) is 1.